The molecular formula is C18H18ClN5O2. The predicted molar refractivity (Wildman–Crippen MR) is 103 cm³/mol. The molecule has 7 nitrogen and oxygen atoms in total. The van der Waals surface area contributed by atoms with Crippen molar-refractivity contribution in [3.8, 4) is 5.75 Å². The summed E-state index contributed by atoms with van der Waals surface area (Å²) in [5.41, 5.74) is 5.52. The first-order valence-electron chi connectivity index (χ1n) is 7.90. The van der Waals surface area contributed by atoms with Gasteiger partial charge in [-0.3, -0.25) is 20.2 Å². The van der Waals surface area contributed by atoms with Crippen LogP contribution >= 0.6 is 11.6 Å². The fourth-order valence-corrected chi connectivity index (χ4v) is 2.70. The van der Waals surface area contributed by atoms with Gasteiger partial charge in [-0.2, -0.15) is 0 Å². The van der Waals surface area contributed by atoms with Crippen LogP contribution < -0.4 is 21.3 Å². The number of nitrogens with two attached hydrogens (primary N) is 1. The number of fused-ring (bicyclic) bond motifs is 1. The number of nitrogens with one attached hydrogen (secondary N) is 2. The van der Waals surface area contributed by atoms with Crippen molar-refractivity contribution in [2.75, 3.05) is 25.5 Å². The summed E-state index contributed by atoms with van der Waals surface area (Å²) >= 11 is 6.18. The van der Waals surface area contributed by atoms with Gasteiger partial charge in [0.25, 0.3) is 5.91 Å². The number of ether oxygens (including phenoxy) is 1. The van der Waals surface area contributed by atoms with Crippen molar-refractivity contribution in [3.63, 3.8) is 0 Å². The zero-order valence-electron chi connectivity index (χ0n) is 14.1. The molecule has 2 aromatic rings. The van der Waals surface area contributed by atoms with Crippen molar-refractivity contribution in [2.45, 2.75) is 0 Å². The number of benzene rings is 2. The number of carbonyl (C=O) groups is 1. The topological polar surface area (TPSA) is 101 Å². The summed E-state index contributed by atoms with van der Waals surface area (Å²) in [4.78, 5) is 20.1. The van der Waals surface area contributed by atoms with Gasteiger partial charge >= 0.3 is 0 Å². The van der Waals surface area contributed by atoms with E-state index in [1.165, 1.54) is 0 Å². The number of hydrazine groups is 1. The lowest BCUT2D eigenvalue weighted by atomic mass is 10.0. The molecule has 0 saturated carbocycles. The molecule has 2 aromatic carbocycles. The molecule has 1 aliphatic rings. The molecule has 134 valence electrons. The van der Waals surface area contributed by atoms with Gasteiger partial charge in [0.2, 0.25) is 0 Å². The van der Waals surface area contributed by atoms with Crippen LogP contribution in [0.5, 0.6) is 5.75 Å². The predicted octanol–water partition coefficient (Wildman–Crippen LogP) is 2.00. The third kappa shape index (κ3) is 4.01. The van der Waals surface area contributed by atoms with E-state index in [1.54, 1.807) is 19.2 Å². The van der Waals surface area contributed by atoms with E-state index in [9.17, 15) is 4.79 Å². The lowest BCUT2D eigenvalue weighted by Crippen LogP contribution is -2.34. The summed E-state index contributed by atoms with van der Waals surface area (Å²) in [7, 11) is 1.72. The van der Waals surface area contributed by atoms with Gasteiger partial charge in [-0.1, -0.05) is 11.6 Å². The van der Waals surface area contributed by atoms with Crippen LogP contribution in [-0.2, 0) is 4.79 Å². The molecule has 0 unspecified atom stereocenters. The first kappa shape index (κ1) is 17.9. The number of nitrogens with zero attached hydrogens (tertiary/aromatic N) is 2. The Labute approximate surface area is 155 Å². The number of amides is 1. The smallest absolute Gasteiger partial charge is 0.271 e. The van der Waals surface area contributed by atoms with E-state index >= 15 is 0 Å². The molecular weight excluding hydrogens is 354 g/mol. The van der Waals surface area contributed by atoms with Crippen molar-refractivity contribution < 1.29 is 9.53 Å². The van der Waals surface area contributed by atoms with Crippen LogP contribution in [-0.4, -0.2) is 37.7 Å². The van der Waals surface area contributed by atoms with Crippen molar-refractivity contribution in [2.24, 2.45) is 15.8 Å². The zero-order valence-corrected chi connectivity index (χ0v) is 14.9. The molecule has 26 heavy (non-hydrogen) atoms. The highest BCUT2D eigenvalue weighted by atomic mass is 35.5. The molecule has 0 fully saturated rings. The Bertz CT molecular complexity index is 878. The van der Waals surface area contributed by atoms with Crippen LogP contribution in [0.2, 0.25) is 5.02 Å². The third-order valence-corrected chi connectivity index (χ3v) is 4.07. The number of hydrogen-bond acceptors (Lipinski definition) is 5. The number of rotatable bonds is 4. The summed E-state index contributed by atoms with van der Waals surface area (Å²) in [5.74, 6) is 5.97. The number of halogens is 1. The quantitative estimate of drug-likeness (QED) is 0.434. The Morgan fingerprint density at radius 1 is 1.35 bits per heavy atom. The number of benzodiazepines with no additional fused rings is 1. The highest BCUT2D eigenvalue weighted by molar-refractivity contribution is 6.32. The van der Waals surface area contributed by atoms with Crippen LogP contribution in [0.3, 0.4) is 0 Å². The minimum absolute atomic E-state index is 0.143. The largest absolute Gasteiger partial charge is 0.484 e. The molecule has 3 rings (SSSR count). The Kier molecular flexibility index (Phi) is 5.50. The fraction of sp³-hybridized carbons (Fsp3) is 0.167. The highest BCUT2D eigenvalue weighted by Gasteiger charge is 2.17. The Hall–Kier alpha value is -2.90. The first-order valence-corrected chi connectivity index (χ1v) is 8.28. The van der Waals surface area contributed by atoms with Gasteiger partial charge in [0.15, 0.2) is 6.61 Å². The summed E-state index contributed by atoms with van der Waals surface area (Å²) in [6.07, 6.45) is 0. The van der Waals surface area contributed by atoms with E-state index in [-0.39, 0.29) is 6.61 Å². The van der Waals surface area contributed by atoms with Crippen LogP contribution in [0.25, 0.3) is 0 Å². The molecule has 0 bridgehead atoms. The molecule has 0 aromatic heterocycles. The molecule has 4 N–H and O–H groups in total. The zero-order chi connectivity index (χ0) is 18.5. The van der Waals surface area contributed by atoms with Crippen molar-refractivity contribution >= 4 is 34.7 Å². The van der Waals surface area contributed by atoms with E-state index < -0.39 is 5.91 Å². The molecule has 0 spiro atoms. The van der Waals surface area contributed by atoms with Crippen LogP contribution in [0.4, 0.5) is 5.69 Å². The van der Waals surface area contributed by atoms with E-state index in [0.29, 0.717) is 17.3 Å². The standard InChI is InChI=1S/C18H18ClN5O2/c1-21-16-9-22-18(14-8-12(19)4-7-15(14)23-16)11-2-5-13(6-3-11)26-10-17(25)24-20/h2-8H,9-10,20H2,1H3,(H,21,23)(H,24,25). The average Bonchev–Trinajstić information content (AvgIpc) is 2.85. The molecule has 0 saturated heterocycles. The summed E-state index contributed by atoms with van der Waals surface area (Å²) in [5, 5.41) is 3.91. The van der Waals surface area contributed by atoms with Crippen molar-refractivity contribution in [3.05, 3.63) is 58.6 Å². The Morgan fingerprint density at radius 2 is 2.12 bits per heavy atom. The van der Waals surface area contributed by atoms with E-state index in [1.807, 2.05) is 35.8 Å². The first-order chi connectivity index (χ1) is 12.6. The summed E-state index contributed by atoms with van der Waals surface area (Å²) in [6, 6.07) is 12.9. The maximum atomic E-state index is 11.2. The maximum Gasteiger partial charge on any atom is 0.271 e. The monoisotopic (exact) mass is 371 g/mol. The van der Waals surface area contributed by atoms with Crippen LogP contribution in [0, 0.1) is 0 Å². The molecule has 1 aliphatic heterocycles. The van der Waals surface area contributed by atoms with Gasteiger partial charge < -0.3 is 10.1 Å². The van der Waals surface area contributed by atoms with Gasteiger partial charge in [0, 0.05) is 28.9 Å². The second kappa shape index (κ2) is 7.99. The van der Waals surface area contributed by atoms with Gasteiger partial charge in [-0.25, -0.2) is 5.84 Å². The summed E-state index contributed by atoms with van der Waals surface area (Å²) in [6.45, 7) is 0.294. The summed E-state index contributed by atoms with van der Waals surface area (Å²) < 4.78 is 5.36. The molecule has 0 radical (unpaired) electrons. The minimum Gasteiger partial charge on any atom is -0.484 e. The van der Waals surface area contributed by atoms with Gasteiger partial charge in [0.05, 0.1) is 12.3 Å². The molecule has 0 aliphatic carbocycles. The lowest BCUT2D eigenvalue weighted by Gasteiger charge is -2.12. The maximum absolute atomic E-state index is 11.2. The normalized spacial score (nSPS) is 14.7. The second-order valence-electron chi connectivity index (χ2n) is 5.53. The lowest BCUT2D eigenvalue weighted by molar-refractivity contribution is -0.123. The Morgan fingerprint density at radius 3 is 2.81 bits per heavy atom. The highest BCUT2D eigenvalue weighted by Crippen LogP contribution is 2.27. The second-order valence-corrected chi connectivity index (χ2v) is 5.97. The molecule has 8 heteroatoms. The third-order valence-electron chi connectivity index (χ3n) is 3.83. The SMILES string of the molecule is CN=C1CN=C(c2ccc(OCC(=O)NN)cc2)c2cc(Cl)ccc2N1. The van der Waals surface area contributed by atoms with Gasteiger partial charge in [-0.05, 0) is 42.5 Å². The molecule has 1 heterocycles. The number of carbonyl (C=O) groups excluding carboxylic acids is 1. The van der Waals surface area contributed by atoms with E-state index in [0.717, 1.165) is 28.4 Å². The van der Waals surface area contributed by atoms with Crippen LogP contribution in [0.1, 0.15) is 11.1 Å². The average molecular weight is 372 g/mol. The minimum atomic E-state index is -0.400. The number of aliphatic imine (C=N–C) groups is 2. The van der Waals surface area contributed by atoms with E-state index in [2.05, 4.69) is 15.3 Å². The van der Waals surface area contributed by atoms with E-state index in [4.69, 9.17) is 22.2 Å². The number of hydrogen-bond donors (Lipinski definition) is 3. The van der Waals surface area contributed by atoms with Crippen molar-refractivity contribution in [1.82, 2.24) is 5.43 Å². The van der Waals surface area contributed by atoms with Crippen LogP contribution in [0.15, 0.2) is 52.4 Å². The Balaban J connectivity index is 1.91. The molecule has 0 atom stereocenters. The number of amidine groups is 1. The van der Waals surface area contributed by atoms with Gasteiger partial charge in [0.1, 0.15) is 11.6 Å². The van der Waals surface area contributed by atoms with Crippen molar-refractivity contribution in [1.29, 1.82) is 0 Å². The fourth-order valence-electron chi connectivity index (χ4n) is 2.53. The van der Waals surface area contributed by atoms with Gasteiger partial charge in [-0.15, -0.1) is 0 Å². The number of anilines is 1. The molecule has 1 amide bonds.